The molecule has 0 rings (SSSR count). The van der Waals surface area contributed by atoms with E-state index in [1.165, 1.54) is 4.97 Å². The Bertz CT molecular complexity index is 87.8. The maximum Gasteiger partial charge on any atom is 0.300 e. The molecule has 9 heavy (non-hydrogen) atoms. The van der Waals surface area contributed by atoms with E-state index in [4.69, 9.17) is 20.3 Å². The summed E-state index contributed by atoms with van der Waals surface area (Å²) in [6.45, 7) is 1.08. The Balaban J connectivity index is -0.0000000233. The molecule has 0 bridgehead atoms. The van der Waals surface area contributed by atoms with Gasteiger partial charge in [-0.05, 0) is 0 Å². The van der Waals surface area contributed by atoms with Crippen molar-refractivity contribution in [3.63, 3.8) is 0 Å². The molecular weight excluding hydrogens is 201 g/mol. The van der Waals surface area contributed by atoms with Gasteiger partial charge in [0, 0.05) is 26.7 Å². The van der Waals surface area contributed by atoms with Crippen molar-refractivity contribution in [2.24, 2.45) is 0 Å². The molecule has 0 fully saturated rings. The van der Waals surface area contributed by atoms with Crippen molar-refractivity contribution in [3.05, 3.63) is 10.4 Å². The molecule has 0 heterocycles. The number of hydrogen-bond donors (Lipinski definition) is 1. The van der Waals surface area contributed by atoms with Crippen LogP contribution in [0.25, 0.3) is 5.53 Å². The third-order valence-corrected chi connectivity index (χ3v) is 0. The number of nitrogens with zero attached hydrogens (tertiary/aromatic N) is 2. The second kappa shape index (κ2) is 24.9. The molecule has 0 aliphatic carbocycles. The van der Waals surface area contributed by atoms with Gasteiger partial charge in [0.25, 0.3) is 5.97 Å². The van der Waals surface area contributed by atoms with E-state index in [-0.39, 0.29) is 29.7 Å². The van der Waals surface area contributed by atoms with Crippen LogP contribution in [0.1, 0.15) is 6.92 Å². The normalized spacial score (nSPS) is 3.67. The third kappa shape index (κ3) is 11400. The van der Waals surface area contributed by atoms with E-state index in [0.717, 1.165) is 6.92 Å². The summed E-state index contributed by atoms with van der Waals surface area (Å²) >= 11 is 0. The first-order valence-electron chi connectivity index (χ1n) is 1.31. The molecule has 3 radical (unpaired) electrons. The molecule has 0 aliphatic rings. The van der Waals surface area contributed by atoms with Crippen LogP contribution in [0.5, 0.6) is 0 Å². The molecule has 0 aromatic heterocycles. The Morgan fingerprint density at radius 3 is 1.67 bits per heavy atom. The van der Waals surface area contributed by atoms with Gasteiger partial charge in [0.15, 0.2) is 4.91 Å². The van der Waals surface area contributed by atoms with E-state index in [9.17, 15) is 0 Å². The number of aliphatic carboxylic acids is 1. The summed E-state index contributed by atoms with van der Waals surface area (Å²) in [7, 11) is 0. The van der Waals surface area contributed by atoms with Crippen molar-refractivity contribution in [1.29, 1.82) is 0 Å². The summed E-state index contributed by atoms with van der Waals surface area (Å²) in [6.07, 6.45) is 0. The van der Waals surface area contributed by atoms with E-state index >= 15 is 0 Å². The van der Waals surface area contributed by atoms with Gasteiger partial charge in [0.1, 0.15) is 4.97 Å². The predicted octanol–water partition coefficient (Wildman–Crippen LogP) is -0.390. The Hall–Kier alpha value is -0.154. The second-order valence-corrected chi connectivity index (χ2v) is 0.601. The average Bonchev–Trinajstić information content (AvgIpc) is 1.33. The van der Waals surface area contributed by atoms with Crippen molar-refractivity contribution in [1.82, 2.24) is 4.97 Å². The van der Waals surface area contributed by atoms with E-state index in [1.54, 1.807) is 0 Å². The van der Waals surface area contributed by atoms with Gasteiger partial charge in [0.05, 0.1) is 0 Å². The predicted molar refractivity (Wildman–Crippen MR) is 39.0 cm³/mol. The minimum Gasteiger partial charge on any atom is -0.481 e. The number of carboxylic acid groups (broad SMARTS) is 1. The van der Waals surface area contributed by atoms with Crippen LogP contribution >= 0.6 is 9.90 Å². The monoisotopic (exact) mass is 207 g/mol. The second-order valence-electron chi connectivity index (χ2n) is 0.601. The summed E-state index contributed by atoms with van der Waals surface area (Å²) in [6, 6.07) is 0. The fourth-order valence-electron chi connectivity index (χ4n) is 0. The van der Waals surface area contributed by atoms with Crippen LogP contribution in [-0.4, -0.2) is 30.9 Å². The van der Waals surface area contributed by atoms with Crippen molar-refractivity contribution >= 4 is 35.7 Å². The first-order chi connectivity index (χ1) is 3.15. The van der Waals surface area contributed by atoms with Gasteiger partial charge < -0.3 is 5.11 Å². The summed E-state index contributed by atoms with van der Waals surface area (Å²) in [4.78, 5) is 18.4. The molecule has 1 N–H and O–H groups in total. The molecule has 5 nitrogen and oxygen atoms in total. The van der Waals surface area contributed by atoms with E-state index in [0.29, 0.717) is 0 Å². The van der Waals surface area contributed by atoms with E-state index < -0.39 is 5.97 Å². The van der Waals surface area contributed by atoms with Crippen LogP contribution < -0.4 is 4.97 Å². The number of carbonyl (C=O) groups is 1. The standard InChI is InChI=1S/C2H4O2.Ga.N2O.H3P/c1-2(3)4;;1-2-3;/h1H3,(H,3,4);;;1H3. The van der Waals surface area contributed by atoms with Gasteiger partial charge in [-0.15, -0.1) is 0 Å². The minimum atomic E-state index is -0.833. The van der Waals surface area contributed by atoms with Gasteiger partial charge in [-0.2, -0.15) is 9.90 Å². The number of nitroso groups, excluding NO2 is 1. The van der Waals surface area contributed by atoms with Crippen LogP contribution in [0.4, 0.5) is 0 Å². The van der Waals surface area contributed by atoms with E-state index in [2.05, 4.69) is 0 Å². The molecule has 0 saturated carbocycles. The molecule has 0 amide bonds. The van der Waals surface area contributed by atoms with Gasteiger partial charge in [-0.1, -0.05) is 0 Å². The summed E-state index contributed by atoms with van der Waals surface area (Å²) < 4.78 is 0. The average molecular weight is 208 g/mol. The zero-order valence-electron chi connectivity index (χ0n) is 4.94. The molecule has 0 spiro atoms. The van der Waals surface area contributed by atoms with Crippen LogP contribution in [0.3, 0.4) is 0 Å². The van der Waals surface area contributed by atoms with Gasteiger partial charge in [-0.25, -0.2) is 0 Å². The maximum absolute atomic E-state index is 9.00. The number of carboxylic acids is 1. The van der Waals surface area contributed by atoms with Gasteiger partial charge in [0.2, 0.25) is 0 Å². The van der Waals surface area contributed by atoms with E-state index in [1.807, 2.05) is 0 Å². The molecule has 7 heteroatoms. The van der Waals surface area contributed by atoms with Crippen molar-refractivity contribution in [2.75, 3.05) is 0 Å². The SMILES string of the molecule is CC(=O)O.P.[Ga].[N-]=[N+]=O. The summed E-state index contributed by atoms with van der Waals surface area (Å²) in [5, 5.41) is 7.42. The fourth-order valence-corrected chi connectivity index (χ4v) is 0. The molecular formula is C2H7GaN2O3P. The molecule has 0 aromatic carbocycles. The number of rotatable bonds is 0. The largest absolute Gasteiger partial charge is 0.481 e. The Kier molecular flexibility index (Phi) is 64.0. The summed E-state index contributed by atoms with van der Waals surface area (Å²) in [5.74, 6) is -0.833. The molecule has 51 valence electrons. The maximum atomic E-state index is 9.00. The quantitative estimate of drug-likeness (QED) is 0.254. The van der Waals surface area contributed by atoms with Crippen LogP contribution in [-0.2, 0) is 4.79 Å². The molecule has 0 saturated heterocycles. The van der Waals surface area contributed by atoms with Crippen LogP contribution in [0, 0.1) is 4.91 Å². The third-order valence-electron chi connectivity index (χ3n) is 0. The number of hydrogen-bond acceptors (Lipinski definition) is 2. The van der Waals surface area contributed by atoms with Gasteiger partial charge >= 0.3 is 0 Å². The smallest absolute Gasteiger partial charge is 0.300 e. The molecule has 1 atom stereocenters. The Morgan fingerprint density at radius 1 is 1.67 bits per heavy atom. The first-order valence-corrected chi connectivity index (χ1v) is 1.31. The van der Waals surface area contributed by atoms with Crippen molar-refractivity contribution < 1.29 is 9.90 Å². The zero-order valence-corrected chi connectivity index (χ0v) is 8.78. The minimum absolute atomic E-state index is 0. The molecule has 0 aliphatic heterocycles. The molecule has 0 aromatic rings. The van der Waals surface area contributed by atoms with Gasteiger partial charge in [-0.3, -0.25) is 10.3 Å². The first kappa shape index (κ1) is 23.2. The van der Waals surface area contributed by atoms with Crippen LogP contribution in [0.15, 0.2) is 0 Å². The topological polar surface area (TPSA) is 90.8 Å². The fraction of sp³-hybridized carbons (Fsp3) is 0.500. The summed E-state index contributed by atoms with van der Waals surface area (Å²) in [5.41, 5.74) is 6.64. The zero-order chi connectivity index (χ0) is 6.28. The van der Waals surface area contributed by atoms with Crippen LogP contribution in [0.2, 0.25) is 0 Å². The molecule has 1 unspecified atom stereocenters. The Labute approximate surface area is 68.4 Å². The van der Waals surface area contributed by atoms with Crippen molar-refractivity contribution in [3.8, 4) is 0 Å². The Morgan fingerprint density at radius 2 is 1.67 bits per heavy atom. The van der Waals surface area contributed by atoms with Crippen molar-refractivity contribution in [2.45, 2.75) is 6.92 Å².